The Morgan fingerprint density at radius 3 is 2.59 bits per heavy atom. The van der Waals surface area contributed by atoms with Gasteiger partial charge in [-0.2, -0.15) is 0 Å². The van der Waals surface area contributed by atoms with Crippen LogP contribution >= 0.6 is 0 Å². The Morgan fingerprint density at radius 2 is 1.90 bits per heavy atom. The normalized spacial score (nSPS) is 11.7. The molecular formula is C23H27N3O3. The van der Waals surface area contributed by atoms with Gasteiger partial charge in [-0.25, -0.2) is 4.98 Å². The standard InChI is InChI=1S/C23H27N3O3/c1-4-17(2)20-7-5-6-8-21(20)29-16-23(27)25-18-9-11-19(12-10-18)28-15-22-24-13-14-26(22)3/h5-14,17H,4,15-16H2,1-3H3,(H,25,27). The summed E-state index contributed by atoms with van der Waals surface area (Å²) in [5.41, 5.74) is 1.81. The first kappa shape index (κ1) is 20.5. The van der Waals surface area contributed by atoms with Gasteiger partial charge in [-0.05, 0) is 48.2 Å². The van der Waals surface area contributed by atoms with Crippen LogP contribution in [0.1, 0.15) is 37.6 Å². The van der Waals surface area contributed by atoms with E-state index in [1.165, 1.54) is 0 Å². The minimum Gasteiger partial charge on any atom is -0.486 e. The van der Waals surface area contributed by atoms with Crippen LogP contribution in [0.2, 0.25) is 0 Å². The number of nitrogens with one attached hydrogen (secondary N) is 1. The van der Waals surface area contributed by atoms with Gasteiger partial charge in [0.2, 0.25) is 0 Å². The molecule has 2 aromatic carbocycles. The maximum Gasteiger partial charge on any atom is 0.262 e. The van der Waals surface area contributed by atoms with Crippen molar-refractivity contribution in [2.24, 2.45) is 7.05 Å². The first-order valence-corrected chi connectivity index (χ1v) is 9.77. The SMILES string of the molecule is CCC(C)c1ccccc1OCC(=O)Nc1ccc(OCc2nccn2C)cc1. The first-order chi connectivity index (χ1) is 14.1. The average molecular weight is 393 g/mol. The van der Waals surface area contributed by atoms with Crippen molar-refractivity contribution in [2.75, 3.05) is 11.9 Å². The Morgan fingerprint density at radius 1 is 1.14 bits per heavy atom. The van der Waals surface area contributed by atoms with Crippen molar-refractivity contribution >= 4 is 11.6 Å². The molecule has 0 bridgehead atoms. The zero-order valence-corrected chi connectivity index (χ0v) is 17.1. The average Bonchev–Trinajstić information content (AvgIpc) is 3.16. The molecule has 6 heteroatoms. The summed E-state index contributed by atoms with van der Waals surface area (Å²) < 4.78 is 13.4. The van der Waals surface area contributed by atoms with Gasteiger partial charge in [0.1, 0.15) is 23.9 Å². The molecule has 1 atom stereocenters. The van der Waals surface area contributed by atoms with Crippen LogP contribution in [0.15, 0.2) is 60.9 Å². The number of para-hydroxylation sites is 1. The molecule has 1 aromatic heterocycles. The Hall–Kier alpha value is -3.28. The zero-order chi connectivity index (χ0) is 20.6. The Labute approximate surface area is 171 Å². The first-order valence-electron chi connectivity index (χ1n) is 9.77. The number of benzene rings is 2. The maximum absolute atomic E-state index is 12.3. The number of carbonyl (C=O) groups excluding carboxylic acids is 1. The van der Waals surface area contributed by atoms with E-state index >= 15 is 0 Å². The molecular weight excluding hydrogens is 366 g/mol. The Kier molecular flexibility index (Phi) is 6.89. The third kappa shape index (κ3) is 5.60. The minimum absolute atomic E-state index is 0.0368. The summed E-state index contributed by atoms with van der Waals surface area (Å²) >= 11 is 0. The number of nitrogens with zero attached hydrogens (tertiary/aromatic N) is 2. The molecule has 0 radical (unpaired) electrons. The Balaban J connectivity index is 1.50. The minimum atomic E-state index is -0.203. The lowest BCUT2D eigenvalue weighted by Crippen LogP contribution is -2.20. The summed E-state index contributed by atoms with van der Waals surface area (Å²) in [6, 6.07) is 15.1. The largest absolute Gasteiger partial charge is 0.486 e. The number of hydrogen-bond donors (Lipinski definition) is 1. The summed E-state index contributed by atoms with van der Waals surface area (Å²) in [4.78, 5) is 16.5. The summed E-state index contributed by atoms with van der Waals surface area (Å²) in [6.07, 6.45) is 4.63. The molecule has 0 spiro atoms. The zero-order valence-electron chi connectivity index (χ0n) is 17.1. The highest BCUT2D eigenvalue weighted by molar-refractivity contribution is 5.91. The number of carbonyl (C=O) groups is 1. The summed E-state index contributed by atoms with van der Waals surface area (Å²) in [5.74, 6) is 2.50. The fourth-order valence-electron chi connectivity index (χ4n) is 2.90. The van der Waals surface area contributed by atoms with E-state index < -0.39 is 0 Å². The van der Waals surface area contributed by atoms with Crippen LogP contribution in [0.25, 0.3) is 0 Å². The highest BCUT2D eigenvalue weighted by Gasteiger charge is 2.11. The van der Waals surface area contributed by atoms with E-state index in [9.17, 15) is 4.79 Å². The van der Waals surface area contributed by atoms with E-state index in [2.05, 4.69) is 24.1 Å². The number of aromatic nitrogens is 2. The molecule has 0 aliphatic carbocycles. The predicted molar refractivity (Wildman–Crippen MR) is 113 cm³/mol. The van der Waals surface area contributed by atoms with Gasteiger partial charge in [0.15, 0.2) is 6.61 Å². The van der Waals surface area contributed by atoms with Gasteiger partial charge < -0.3 is 19.4 Å². The molecule has 1 heterocycles. The molecule has 0 aliphatic rings. The summed E-state index contributed by atoms with van der Waals surface area (Å²) in [6.45, 7) is 4.64. The van der Waals surface area contributed by atoms with Crippen molar-refractivity contribution < 1.29 is 14.3 Å². The van der Waals surface area contributed by atoms with Crippen molar-refractivity contribution in [3.63, 3.8) is 0 Å². The topological polar surface area (TPSA) is 65.4 Å². The molecule has 152 valence electrons. The van der Waals surface area contributed by atoms with E-state index in [0.717, 1.165) is 23.6 Å². The molecule has 3 rings (SSSR count). The lowest BCUT2D eigenvalue weighted by atomic mass is 9.98. The van der Waals surface area contributed by atoms with Gasteiger partial charge in [-0.15, -0.1) is 0 Å². The highest BCUT2D eigenvalue weighted by Crippen LogP contribution is 2.28. The third-order valence-corrected chi connectivity index (χ3v) is 4.85. The number of hydrogen-bond acceptors (Lipinski definition) is 4. The monoisotopic (exact) mass is 393 g/mol. The fraction of sp³-hybridized carbons (Fsp3) is 0.304. The molecule has 0 fully saturated rings. The van der Waals surface area contributed by atoms with Crippen LogP contribution in [0, 0.1) is 0 Å². The van der Waals surface area contributed by atoms with E-state index in [0.29, 0.717) is 24.0 Å². The van der Waals surface area contributed by atoms with Gasteiger partial charge in [0.05, 0.1) is 0 Å². The number of amides is 1. The molecule has 1 N–H and O–H groups in total. The van der Waals surface area contributed by atoms with Gasteiger partial charge in [0.25, 0.3) is 5.91 Å². The van der Waals surface area contributed by atoms with Crippen LogP contribution in [0.4, 0.5) is 5.69 Å². The molecule has 0 saturated heterocycles. The van der Waals surface area contributed by atoms with E-state index in [4.69, 9.17) is 9.47 Å². The quantitative estimate of drug-likeness (QED) is 0.580. The van der Waals surface area contributed by atoms with Crippen LogP contribution < -0.4 is 14.8 Å². The van der Waals surface area contributed by atoms with Crippen molar-refractivity contribution in [1.82, 2.24) is 9.55 Å². The molecule has 1 amide bonds. The molecule has 0 aliphatic heterocycles. The number of aryl methyl sites for hydroxylation is 1. The number of anilines is 1. The van der Waals surface area contributed by atoms with Crippen LogP contribution in [-0.2, 0) is 18.4 Å². The van der Waals surface area contributed by atoms with Crippen molar-refractivity contribution in [3.05, 3.63) is 72.3 Å². The maximum atomic E-state index is 12.3. The lowest BCUT2D eigenvalue weighted by Gasteiger charge is -2.15. The second kappa shape index (κ2) is 9.78. The number of ether oxygens (including phenoxy) is 2. The van der Waals surface area contributed by atoms with Gasteiger partial charge in [0, 0.05) is 25.1 Å². The van der Waals surface area contributed by atoms with E-state index in [1.807, 2.05) is 54.2 Å². The van der Waals surface area contributed by atoms with Crippen molar-refractivity contribution in [1.29, 1.82) is 0 Å². The number of rotatable bonds is 9. The van der Waals surface area contributed by atoms with Crippen LogP contribution in [0.3, 0.4) is 0 Å². The Bertz CT molecular complexity index is 935. The second-order valence-corrected chi connectivity index (χ2v) is 6.95. The fourth-order valence-corrected chi connectivity index (χ4v) is 2.90. The van der Waals surface area contributed by atoms with Gasteiger partial charge in [-0.1, -0.05) is 32.0 Å². The lowest BCUT2D eigenvalue weighted by molar-refractivity contribution is -0.118. The third-order valence-electron chi connectivity index (χ3n) is 4.85. The molecule has 29 heavy (non-hydrogen) atoms. The van der Waals surface area contributed by atoms with E-state index in [1.54, 1.807) is 18.3 Å². The number of imidazole rings is 1. The van der Waals surface area contributed by atoms with Crippen molar-refractivity contribution in [2.45, 2.75) is 32.8 Å². The predicted octanol–water partition coefficient (Wildman–Crippen LogP) is 4.53. The smallest absolute Gasteiger partial charge is 0.262 e. The summed E-state index contributed by atoms with van der Waals surface area (Å²) in [5, 5.41) is 2.84. The van der Waals surface area contributed by atoms with Crippen molar-refractivity contribution in [3.8, 4) is 11.5 Å². The molecule has 6 nitrogen and oxygen atoms in total. The van der Waals surface area contributed by atoms with Gasteiger partial charge in [-0.3, -0.25) is 4.79 Å². The van der Waals surface area contributed by atoms with Crippen LogP contribution in [0.5, 0.6) is 11.5 Å². The molecule has 3 aromatic rings. The molecule has 0 saturated carbocycles. The second-order valence-electron chi connectivity index (χ2n) is 6.95. The summed E-state index contributed by atoms with van der Waals surface area (Å²) in [7, 11) is 1.92. The van der Waals surface area contributed by atoms with Gasteiger partial charge >= 0.3 is 0 Å². The van der Waals surface area contributed by atoms with Crippen LogP contribution in [-0.4, -0.2) is 22.1 Å². The molecule has 1 unspecified atom stereocenters. The highest BCUT2D eigenvalue weighted by atomic mass is 16.5. The van der Waals surface area contributed by atoms with E-state index in [-0.39, 0.29) is 12.5 Å².